The first-order valence-corrected chi connectivity index (χ1v) is 7.14. The third-order valence-electron chi connectivity index (χ3n) is 2.85. The van der Waals surface area contributed by atoms with Crippen LogP contribution in [0.1, 0.15) is 12.5 Å². The van der Waals surface area contributed by atoms with Gasteiger partial charge in [0.1, 0.15) is 17.7 Å². The molecule has 0 aromatic heterocycles. The van der Waals surface area contributed by atoms with Crippen molar-refractivity contribution < 1.29 is 23.0 Å². The number of carbonyl (C=O) groups excluding carboxylic acids is 1. The number of halogens is 3. The van der Waals surface area contributed by atoms with Gasteiger partial charge in [0.05, 0.1) is 6.61 Å². The van der Waals surface area contributed by atoms with E-state index in [1.165, 1.54) is 0 Å². The summed E-state index contributed by atoms with van der Waals surface area (Å²) >= 11 is 5.81. The molecule has 23 heavy (non-hydrogen) atoms. The zero-order valence-electron chi connectivity index (χ0n) is 12.2. The highest BCUT2D eigenvalue weighted by molar-refractivity contribution is 6.30. The molecule has 6 heteroatoms. The molecule has 0 N–H and O–H groups in total. The Morgan fingerprint density at radius 3 is 2.48 bits per heavy atom. The van der Waals surface area contributed by atoms with E-state index in [4.69, 9.17) is 21.1 Å². The second-order valence-corrected chi connectivity index (χ2v) is 4.89. The minimum atomic E-state index is -0.874. The fourth-order valence-corrected chi connectivity index (χ4v) is 1.89. The van der Waals surface area contributed by atoms with Crippen molar-refractivity contribution in [3.05, 3.63) is 70.9 Å². The Balaban J connectivity index is 2.32. The molecule has 0 saturated heterocycles. The Bertz CT molecular complexity index is 727. The van der Waals surface area contributed by atoms with Gasteiger partial charge in [0, 0.05) is 11.1 Å². The monoisotopic (exact) mass is 338 g/mol. The molecule has 0 unspecified atom stereocenters. The summed E-state index contributed by atoms with van der Waals surface area (Å²) in [6.07, 6.45) is 1.07. The lowest BCUT2D eigenvalue weighted by molar-refractivity contribution is -0.136. The first-order valence-electron chi connectivity index (χ1n) is 6.76. The second kappa shape index (κ2) is 7.74. The van der Waals surface area contributed by atoms with Gasteiger partial charge in [0.2, 0.25) is 0 Å². The summed E-state index contributed by atoms with van der Waals surface area (Å²) in [6.45, 7) is 1.84. The molecule has 0 aliphatic carbocycles. The van der Waals surface area contributed by atoms with Crippen molar-refractivity contribution in [2.75, 3.05) is 6.61 Å². The number of esters is 1. The summed E-state index contributed by atoms with van der Waals surface area (Å²) in [7, 11) is 0. The SMILES string of the molecule is CCOC(=O)C(=COc1ccc(F)cc1F)c1ccc(Cl)cc1. The number of rotatable bonds is 5. The van der Waals surface area contributed by atoms with E-state index in [9.17, 15) is 13.6 Å². The Kier molecular flexibility index (Phi) is 5.71. The number of carbonyl (C=O) groups is 1. The van der Waals surface area contributed by atoms with Gasteiger partial charge in [-0.3, -0.25) is 0 Å². The normalized spacial score (nSPS) is 11.2. The third-order valence-corrected chi connectivity index (χ3v) is 3.10. The minimum Gasteiger partial charge on any atom is -0.462 e. The van der Waals surface area contributed by atoms with Crippen LogP contribution in [-0.4, -0.2) is 12.6 Å². The van der Waals surface area contributed by atoms with Crippen molar-refractivity contribution in [3.63, 3.8) is 0 Å². The van der Waals surface area contributed by atoms with Crippen LogP contribution in [0.5, 0.6) is 5.75 Å². The molecule has 0 fully saturated rings. The average molecular weight is 339 g/mol. The largest absolute Gasteiger partial charge is 0.462 e. The van der Waals surface area contributed by atoms with E-state index in [1.54, 1.807) is 31.2 Å². The first-order chi connectivity index (χ1) is 11.0. The molecular formula is C17H13ClF2O3. The van der Waals surface area contributed by atoms with Crippen LogP contribution >= 0.6 is 11.6 Å². The van der Waals surface area contributed by atoms with E-state index in [1.807, 2.05) is 0 Å². The van der Waals surface area contributed by atoms with Crippen molar-refractivity contribution in [3.8, 4) is 5.75 Å². The molecule has 2 aromatic rings. The average Bonchev–Trinajstić information content (AvgIpc) is 2.51. The molecule has 0 aliphatic rings. The Morgan fingerprint density at radius 1 is 1.17 bits per heavy atom. The topological polar surface area (TPSA) is 35.5 Å². The van der Waals surface area contributed by atoms with Gasteiger partial charge in [-0.05, 0) is 36.8 Å². The minimum absolute atomic E-state index is 0.0900. The highest BCUT2D eigenvalue weighted by Crippen LogP contribution is 2.22. The summed E-state index contributed by atoms with van der Waals surface area (Å²) in [5.41, 5.74) is 0.586. The molecular weight excluding hydrogens is 326 g/mol. The van der Waals surface area contributed by atoms with Gasteiger partial charge in [-0.2, -0.15) is 0 Å². The van der Waals surface area contributed by atoms with Crippen LogP contribution in [0.4, 0.5) is 8.78 Å². The highest BCUT2D eigenvalue weighted by atomic mass is 35.5. The molecule has 0 aliphatic heterocycles. The predicted molar refractivity (Wildman–Crippen MR) is 83.0 cm³/mol. The van der Waals surface area contributed by atoms with E-state index in [0.717, 1.165) is 18.4 Å². The Morgan fingerprint density at radius 2 is 1.87 bits per heavy atom. The van der Waals surface area contributed by atoms with Crippen molar-refractivity contribution in [1.29, 1.82) is 0 Å². The third kappa shape index (κ3) is 4.53. The maximum Gasteiger partial charge on any atom is 0.341 e. The molecule has 0 bridgehead atoms. The van der Waals surface area contributed by atoms with Crippen LogP contribution in [-0.2, 0) is 9.53 Å². The van der Waals surface area contributed by atoms with Crippen LogP contribution < -0.4 is 4.74 Å². The smallest absolute Gasteiger partial charge is 0.341 e. The molecule has 2 aromatic carbocycles. The van der Waals surface area contributed by atoms with Gasteiger partial charge in [-0.15, -0.1) is 0 Å². The Labute approximate surface area is 137 Å². The summed E-state index contributed by atoms with van der Waals surface area (Å²) in [6, 6.07) is 9.29. The molecule has 0 heterocycles. The van der Waals surface area contributed by atoms with Crippen molar-refractivity contribution in [2.45, 2.75) is 6.92 Å². The van der Waals surface area contributed by atoms with Crippen molar-refractivity contribution in [2.24, 2.45) is 0 Å². The van der Waals surface area contributed by atoms with Crippen LogP contribution in [0, 0.1) is 11.6 Å². The van der Waals surface area contributed by atoms with Gasteiger partial charge in [-0.1, -0.05) is 23.7 Å². The molecule has 0 radical (unpaired) electrons. The summed E-state index contributed by atoms with van der Waals surface area (Å²) in [5, 5.41) is 0.502. The number of hydrogen-bond acceptors (Lipinski definition) is 3. The predicted octanol–water partition coefficient (Wildman–Crippen LogP) is 4.60. The molecule has 3 nitrogen and oxygen atoms in total. The van der Waals surface area contributed by atoms with Gasteiger partial charge in [0.15, 0.2) is 11.6 Å². The first kappa shape index (κ1) is 17.0. The zero-order valence-corrected chi connectivity index (χ0v) is 12.9. The second-order valence-electron chi connectivity index (χ2n) is 4.45. The lowest BCUT2D eigenvalue weighted by Crippen LogP contribution is -2.08. The van der Waals surface area contributed by atoms with E-state index in [0.29, 0.717) is 16.7 Å². The number of hydrogen-bond donors (Lipinski definition) is 0. The van der Waals surface area contributed by atoms with Crippen LogP contribution in [0.25, 0.3) is 5.57 Å². The lowest BCUT2D eigenvalue weighted by Gasteiger charge is -2.09. The summed E-state index contributed by atoms with van der Waals surface area (Å²) in [5.74, 6) is -2.43. The molecule has 0 spiro atoms. The quantitative estimate of drug-likeness (QED) is 0.454. The maximum absolute atomic E-state index is 13.6. The van der Waals surface area contributed by atoms with Crippen LogP contribution in [0.3, 0.4) is 0 Å². The van der Waals surface area contributed by atoms with Gasteiger partial charge < -0.3 is 9.47 Å². The lowest BCUT2D eigenvalue weighted by atomic mass is 10.1. The standard InChI is InChI=1S/C17H13ClF2O3/c1-2-22-17(21)14(11-3-5-12(18)6-4-11)10-23-16-8-7-13(19)9-15(16)20/h3-10H,2H2,1H3. The van der Waals surface area contributed by atoms with E-state index < -0.39 is 17.6 Å². The summed E-state index contributed by atoms with van der Waals surface area (Å²) < 4.78 is 36.6. The fourth-order valence-electron chi connectivity index (χ4n) is 1.77. The molecule has 0 saturated carbocycles. The van der Waals surface area contributed by atoms with Gasteiger partial charge in [-0.25, -0.2) is 13.6 Å². The van der Waals surface area contributed by atoms with Crippen molar-refractivity contribution in [1.82, 2.24) is 0 Å². The van der Waals surface area contributed by atoms with Gasteiger partial charge in [0.25, 0.3) is 0 Å². The Hall–Kier alpha value is -2.40. The molecule has 0 atom stereocenters. The number of ether oxygens (including phenoxy) is 2. The molecule has 0 amide bonds. The summed E-state index contributed by atoms with van der Waals surface area (Å²) in [4.78, 5) is 12.0. The van der Waals surface area contributed by atoms with E-state index >= 15 is 0 Å². The van der Waals surface area contributed by atoms with Gasteiger partial charge >= 0.3 is 5.97 Å². The number of benzene rings is 2. The van der Waals surface area contributed by atoms with E-state index in [2.05, 4.69) is 0 Å². The van der Waals surface area contributed by atoms with Crippen LogP contribution in [0.2, 0.25) is 5.02 Å². The molecule has 120 valence electrons. The molecule has 2 rings (SSSR count). The van der Waals surface area contributed by atoms with Crippen LogP contribution in [0.15, 0.2) is 48.7 Å². The zero-order chi connectivity index (χ0) is 16.8. The maximum atomic E-state index is 13.6. The van der Waals surface area contributed by atoms with Crippen molar-refractivity contribution >= 4 is 23.1 Å². The fraction of sp³-hybridized carbons (Fsp3) is 0.118. The van der Waals surface area contributed by atoms with E-state index in [-0.39, 0.29) is 17.9 Å². The highest BCUT2D eigenvalue weighted by Gasteiger charge is 2.15.